The van der Waals surface area contributed by atoms with Crippen molar-refractivity contribution in [3.05, 3.63) is 116 Å². The molecule has 1 amide bonds. The number of nitrogens with one attached hydrogen (secondary N) is 1. The van der Waals surface area contributed by atoms with Gasteiger partial charge in [-0.25, -0.2) is 13.2 Å². The van der Waals surface area contributed by atoms with Gasteiger partial charge in [-0.05, 0) is 138 Å². The molecule has 0 atom stereocenters. The maximum atomic E-state index is 14.2. The normalized spacial score (nSPS) is 16.9. The van der Waals surface area contributed by atoms with Crippen LogP contribution < -0.4 is 5.32 Å². The Morgan fingerprint density at radius 1 is 0.860 bits per heavy atom. The molecule has 3 aromatic carbocycles. The molecule has 0 saturated heterocycles. The highest BCUT2D eigenvalue weighted by Crippen LogP contribution is 2.37. The highest BCUT2D eigenvalue weighted by Gasteiger charge is 2.38. The van der Waals surface area contributed by atoms with Crippen molar-refractivity contribution in [3.63, 3.8) is 0 Å². The number of sulfonamides is 1. The Bertz CT molecular complexity index is 2180. The van der Waals surface area contributed by atoms with Gasteiger partial charge in [0.15, 0.2) is 5.78 Å². The van der Waals surface area contributed by atoms with Gasteiger partial charge in [0.25, 0.3) is 5.91 Å². The van der Waals surface area contributed by atoms with E-state index in [0.717, 1.165) is 60.1 Å². The smallest absolute Gasteiger partial charge is 0.337 e. The maximum absolute atomic E-state index is 14.2. The zero-order valence-electron chi connectivity index (χ0n) is 33.2. The SMILES string of the molecule is CCOC(=O)C1CCC(N(C(C)C)S(=O)(=O)c2cccc(C(=O)Cc3sc4c(c3C(=O)Nc3ccc(CCc5ccc(C(=O)OC)cc5)cc3)CCCC4)c2)CC1. The number of anilines is 1. The predicted molar refractivity (Wildman–Crippen MR) is 222 cm³/mol. The van der Waals surface area contributed by atoms with E-state index in [4.69, 9.17) is 9.47 Å². The van der Waals surface area contributed by atoms with Crippen LogP contribution in [0.4, 0.5) is 5.69 Å². The summed E-state index contributed by atoms with van der Waals surface area (Å²) in [6.07, 6.45) is 7.38. The van der Waals surface area contributed by atoms with Crippen LogP contribution in [0.3, 0.4) is 0 Å². The van der Waals surface area contributed by atoms with E-state index < -0.39 is 10.0 Å². The number of ketones is 1. The van der Waals surface area contributed by atoms with E-state index in [1.54, 1.807) is 31.2 Å². The van der Waals surface area contributed by atoms with Crippen LogP contribution in [0.1, 0.15) is 117 Å². The minimum absolute atomic E-state index is 0.0186. The quantitative estimate of drug-likeness (QED) is 0.0934. The summed E-state index contributed by atoms with van der Waals surface area (Å²) in [5.41, 5.74) is 5.20. The maximum Gasteiger partial charge on any atom is 0.337 e. The molecule has 2 aliphatic rings. The Morgan fingerprint density at radius 2 is 1.51 bits per heavy atom. The van der Waals surface area contributed by atoms with E-state index in [0.29, 0.717) is 54.0 Å². The van der Waals surface area contributed by atoms with Crippen molar-refractivity contribution in [2.45, 2.75) is 108 Å². The van der Waals surface area contributed by atoms with Gasteiger partial charge < -0.3 is 14.8 Å². The Balaban J connectivity index is 1.14. The molecule has 0 spiro atoms. The van der Waals surface area contributed by atoms with Crippen LogP contribution in [-0.2, 0) is 56.4 Å². The Kier molecular flexibility index (Phi) is 13.8. The summed E-state index contributed by atoms with van der Waals surface area (Å²) in [4.78, 5) is 53.9. The van der Waals surface area contributed by atoms with Crippen molar-refractivity contribution in [1.82, 2.24) is 4.31 Å². The molecule has 57 heavy (non-hydrogen) atoms. The largest absolute Gasteiger partial charge is 0.466 e. The molecule has 0 radical (unpaired) electrons. The average molecular weight is 813 g/mol. The van der Waals surface area contributed by atoms with Crippen molar-refractivity contribution in [2.24, 2.45) is 5.92 Å². The second-order valence-electron chi connectivity index (χ2n) is 15.2. The van der Waals surface area contributed by atoms with Crippen LogP contribution in [0.25, 0.3) is 0 Å². The van der Waals surface area contributed by atoms with Gasteiger partial charge in [0.05, 0.1) is 35.7 Å². The first-order valence-corrected chi connectivity index (χ1v) is 22.2. The lowest BCUT2D eigenvalue weighted by molar-refractivity contribution is -0.149. The molecule has 302 valence electrons. The van der Waals surface area contributed by atoms with Gasteiger partial charge in [0.1, 0.15) is 0 Å². The Hall–Kier alpha value is -4.65. The summed E-state index contributed by atoms with van der Waals surface area (Å²) in [6, 6.07) is 20.8. The molecule has 0 unspecified atom stereocenters. The number of methoxy groups -OCH3 is 1. The first-order chi connectivity index (χ1) is 27.4. The molecule has 1 fully saturated rings. The number of rotatable bonds is 15. The van der Waals surface area contributed by atoms with E-state index in [1.807, 2.05) is 50.2 Å². The van der Waals surface area contributed by atoms with Gasteiger partial charge in [-0.3, -0.25) is 14.4 Å². The minimum Gasteiger partial charge on any atom is -0.466 e. The second-order valence-corrected chi connectivity index (χ2v) is 18.2. The summed E-state index contributed by atoms with van der Waals surface area (Å²) in [5.74, 6) is -1.32. The molecule has 4 aromatic rings. The highest BCUT2D eigenvalue weighted by atomic mass is 32.2. The number of amides is 1. The Labute approximate surface area is 340 Å². The van der Waals surface area contributed by atoms with Crippen LogP contribution in [0.2, 0.25) is 0 Å². The standard InChI is InChI=1S/C45H52N2O8S2/c1-5-55-45(51)33-21-25-36(26-22-33)47(29(2)3)57(52,53)37-10-8-9-34(27-37)39(48)28-41-42(38-11-6-7-12-40(38)56-41)43(49)46-35-23-17-31(18-24-35)14-13-30-15-19-32(20-16-30)44(50)54-4/h8-10,15-20,23-24,27,29,33,36H,5-7,11-14,21-22,25-26,28H2,1-4H3,(H,46,49). The topological polar surface area (TPSA) is 136 Å². The summed E-state index contributed by atoms with van der Waals surface area (Å²) < 4.78 is 39.9. The van der Waals surface area contributed by atoms with E-state index in [2.05, 4.69) is 5.32 Å². The van der Waals surface area contributed by atoms with Crippen molar-refractivity contribution >= 4 is 50.7 Å². The number of carbonyl (C=O) groups is 4. The number of Topliss-reactive ketones (excluding diaryl/α,β-unsaturated/α-hetero) is 1. The van der Waals surface area contributed by atoms with Gasteiger partial charge in [0.2, 0.25) is 10.0 Å². The molecule has 6 rings (SSSR count). The molecule has 1 aromatic heterocycles. The van der Waals surface area contributed by atoms with E-state index >= 15 is 0 Å². The molecular formula is C45H52N2O8S2. The van der Waals surface area contributed by atoms with E-state index in [9.17, 15) is 27.6 Å². The van der Waals surface area contributed by atoms with Crippen LogP contribution in [0, 0.1) is 5.92 Å². The number of thiophene rings is 1. The summed E-state index contributed by atoms with van der Waals surface area (Å²) >= 11 is 1.51. The van der Waals surface area contributed by atoms with Gasteiger partial charge in [-0.2, -0.15) is 4.31 Å². The number of aryl methyl sites for hydroxylation is 3. The minimum atomic E-state index is -3.97. The summed E-state index contributed by atoms with van der Waals surface area (Å²) in [7, 11) is -2.61. The van der Waals surface area contributed by atoms with Crippen molar-refractivity contribution < 1.29 is 37.1 Å². The summed E-state index contributed by atoms with van der Waals surface area (Å²) in [6.45, 7) is 5.79. The third kappa shape index (κ3) is 9.91. The van der Waals surface area contributed by atoms with Crippen LogP contribution in [-0.4, -0.2) is 62.2 Å². The average Bonchev–Trinajstić information content (AvgIpc) is 3.58. The highest BCUT2D eigenvalue weighted by molar-refractivity contribution is 7.89. The zero-order chi connectivity index (χ0) is 40.7. The number of nitrogens with zero attached hydrogens (tertiary/aromatic N) is 1. The lowest BCUT2D eigenvalue weighted by atomic mass is 9.86. The van der Waals surface area contributed by atoms with Gasteiger partial charge in [-0.15, -0.1) is 11.3 Å². The van der Waals surface area contributed by atoms with E-state index in [1.165, 1.54) is 34.9 Å². The number of hydrogen-bond acceptors (Lipinski definition) is 9. The fourth-order valence-electron chi connectivity index (χ4n) is 8.09. The third-order valence-corrected chi connectivity index (χ3v) is 14.4. The summed E-state index contributed by atoms with van der Waals surface area (Å²) in [5, 5.41) is 3.07. The van der Waals surface area contributed by atoms with Crippen molar-refractivity contribution in [3.8, 4) is 0 Å². The lowest BCUT2D eigenvalue weighted by Crippen LogP contribution is -2.46. The third-order valence-electron chi connectivity index (χ3n) is 11.0. The number of hydrogen-bond donors (Lipinski definition) is 1. The van der Waals surface area contributed by atoms with Crippen molar-refractivity contribution in [1.29, 1.82) is 0 Å². The first-order valence-electron chi connectivity index (χ1n) is 19.9. The second kappa shape index (κ2) is 18.7. The number of benzene rings is 3. The first kappa shape index (κ1) is 42.0. The fraction of sp³-hybridized carbons (Fsp3) is 0.422. The number of carbonyl (C=O) groups excluding carboxylic acids is 4. The molecule has 1 heterocycles. The van der Waals surface area contributed by atoms with Crippen LogP contribution in [0.5, 0.6) is 0 Å². The Morgan fingerprint density at radius 3 is 2.14 bits per heavy atom. The van der Waals surface area contributed by atoms with Gasteiger partial charge in [0, 0.05) is 39.5 Å². The molecule has 1 saturated carbocycles. The number of esters is 2. The predicted octanol–water partition coefficient (Wildman–Crippen LogP) is 8.40. The van der Waals surface area contributed by atoms with Crippen LogP contribution >= 0.6 is 11.3 Å². The van der Waals surface area contributed by atoms with Crippen LogP contribution in [0.15, 0.2) is 77.7 Å². The monoisotopic (exact) mass is 812 g/mol. The zero-order valence-corrected chi connectivity index (χ0v) is 34.8. The molecule has 2 aliphatic carbocycles. The van der Waals surface area contributed by atoms with E-state index in [-0.39, 0.29) is 58.5 Å². The molecular weight excluding hydrogens is 761 g/mol. The fourth-order valence-corrected chi connectivity index (χ4v) is 11.4. The van der Waals surface area contributed by atoms with Gasteiger partial charge >= 0.3 is 11.9 Å². The lowest BCUT2D eigenvalue weighted by Gasteiger charge is -2.37. The molecule has 0 bridgehead atoms. The van der Waals surface area contributed by atoms with Gasteiger partial charge in [-0.1, -0.05) is 36.4 Å². The molecule has 10 nitrogen and oxygen atoms in total. The molecule has 1 N–H and O–H groups in total. The number of ether oxygens (including phenoxy) is 2. The molecule has 12 heteroatoms. The number of fused-ring (bicyclic) bond motifs is 1. The molecule has 0 aliphatic heterocycles. The van der Waals surface area contributed by atoms with Crippen molar-refractivity contribution in [2.75, 3.05) is 19.0 Å².